The minimum atomic E-state index is -1.29. The van der Waals surface area contributed by atoms with Gasteiger partial charge < -0.3 is 20.3 Å². The topological polar surface area (TPSA) is 109 Å². The number of ether oxygens (including phenoxy) is 1. The van der Waals surface area contributed by atoms with Gasteiger partial charge in [0.2, 0.25) is 0 Å². The molecular formula is C17H19ClN2O5. The van der Waals surface area contributed by atoms with Gasteiger partial charge in [-0.2, -0.15) is 0 Å². The third kappa shape index (κ3) is 4.58. The molecule has 0 saturated heterocycles. The molecule has 0 unspecified atom stereocenters. The van der Waals surface area contributed by atoms with E-state index in [1.165, 1.54) is 0 Å². The number of amides is 1. The maximum absolute atomic E-state index is 12.4. The van der Waals surface area contributed by atoms with Gasteiger partial charge >= 0.3 is 5.97 Å². The highest BCUT2D eigenvalue weighted by Gasteiger charge is 2.26. The zero-order chi connectivity index (χ0) is 18.8. The Morgan fingerprint density at radius 2 is 1.88 bits per heavy atom. The Balaban J connectivity index is 2.29. The van der Waals surface area contributed by atoms with Gasteiger partial charge in [-0.05, 0) is 20.8 Å². The number of aromatic hydroxyl groups is 1. The SMILES string of the molecule is CC(C)(C)OC[C@@H](NC(=O)c1nc(Cl)c2ccccc2c1O)C(=O)O. The Bertz CT molecular complexity index is 817. The first-order valence-electron chi connectivity index (χ1n) is 7.55. The number of nitrogens with one attached hydrogen (secondary N) is 1. The summed E-state index contributed by atoms with van der Waals surface area (Å²) in [7, 11) is 0. The number of hydrogen-bond acceptors (Lipinski definition) is 5. The number of rotatable bonds is 5. The Labute approximate surface area is 149 Å². The second kappa shape index (κ2) is 7.25. The van der Waals surface area contributed by atoms with Crippen LogP contribution in [-0.4, -0.2) is 45.3 Å². The van der Waals surface area contributed by atoms with Gasteiger partial charge in [0.05, 0.1) is 12.2 Å². The van der Waals surface area contributed by atoms with E-state index >= 15 is 0 Å². The quantitative estimate of drug-likeness (QED) is 0.702. The number of hydrogen-bond donors (Lipinski definition) is 3. The molecular weight excluding hydrogens is 348 g/mol. The monoisotopic (exact) mass is 366 g/mol. The molecule has 134 valence electrons. The van der Waals surface area contributed by atoms with Crippen LogP contribution in [0.1, 0.15) is 31.3 Å². The average molecular weight is 367 g/mol. The molecule has 0 saturated carbocycles. The van der Waals surface area contributed by atoms with Crippen LogP contribution in [0.2, 0.25) is 5.15 Å². The smallest absolute Gasteiger partial charge is 0.328 e. The highest BCUT2D eigenvalue weighted by atomic mass is 35.5. The van der Waals surface area contributed by atoms with Crippen LogP contribution in [0.3, 0.4) is 0 Å². The first-order chi connectivity index (χ1) is 11.6. The Hall–Kier alpha value is -2.38. The van der Waals surface area contributed by atoms with E-state index < -0.39 is 23.5 Å². The lowest BCUT2D eigenvalue weighted by molar-refractivity contribution is -0.142. The van der Waals surface area contributed by atoms with Crippen LogP contribution in [0.5, 0.6) is 5.75 Å². The van der Waals surface area contributed by atoms with Crippen LogP contribution in [0.15, 0.2) is 24.3 Å². The van der Waals surface area contributed by atoms with Gasteiger partial charge in [0, 0.05) is 10.8 Å². The number of carboxylic acids is 1. The molecule has 1 amide bonds. The van der Waals surface area contributed by atoms with Crippen molar-refractivity contribution in [3.05, 3.63) is 35.1 Å². The fourth-order valence-corrected chi connectivity index (χ4v) is 2.35. The number of pyridine rings is 1. The number of carboxylic acid groups (broad SMARTS) is 1. The van der Waals surface area contributed by atoms with E-state index in [1.807, 2.05) is 0 Å². The number of aromatic nitrogens is 1. The lowest BCUT2D eigenvalue weighted by Crippen LogP contribution is -2.45. The van der Waals surface area contributed by atoms with Gasteiger partial charge in [-0.25, -0.2) is 9.78 Å². The summed E-state index contributed by atoms with van der Waals surface area (Å²) in [4.78, 5) is 27.6. The molecule has 1 heterocycles. The molecule has 3 N–H and O–H groups in total. The minimum absolute atomic E-state index is 0.0383. The van der Waals surface area contributed by atoms with E-state index in [9.17, 15) is 19.8 Å². The number of nitrogens with zero attached hydrogens (tertiary/aromatic N) is 1. The normalized spacial score (nSPS) is 12.8. The Kier molecular flexibility index (Phi) is 5.49. The van der Waals surface area contributed by atoms with Crippen molar-refractivity contribution >= 4 is 34.2 Å². The van der Waals surface area contributed by atoms with Crippen molar-refractivity contribution in [3.8, 4) is 5.75 Å². The third-order valence-electron chi connectivity index (χ3n) is 3.34. The number of fused-ring (bicyclic) bond motifs is 1. The largest absolute Gasteiger partial charge is 0.505 e. The van der Waals surface area contributed by atoms with Gasteiger partial charge in [0.25, 0.3) is 5.91 Å². The van der Waals surface area contributed by atoms with Crippen molar-refractivity contribution in [1.29, 1.82) is 0 Å². The van der Waals surface area contributed by atoms with Crippen molar-refractivity contribution in [2.75, 3.05) is 6.61 Å². The van der Waals surface area contributed by atoms with Gasteiger partial charge in [0.1, 0.15) is 5.15 Å². The second-order valence-electron chi connectivity index (χ2n) is 6.43. The first-order valence-corrected chi connectivity index (χ1v) is 7.93. The minimum Gasteiger partial charge on any atom is -0.505 e. The Morgan fingerprint density at radius 1 is 1.28 bits per heavy atom. The molecule has 0 spiro atoms. The molecule has 1 aromatic carbocycles. The molecule has 1 atom stereocenters. The zero-order valence-corrected chi connectivity index (χ0v) is 14.8. The van der Waals surface area contributed by atoms with Crippen LogP contribution in [0.25, 0.3) is 10.8 Å². The van der Waals surface area contributed by atoms with Crippen molar-refractivity contribution in [1.82, 2.24) is 10.3 Å². The van der Waals surface area contributed by atoms with Crippen molar-refractivity contribution < 1.29 is 24.5 Å². The Morgan fingerprint density at radius 3 is 2.44 bits per heavy atom. The number of halogens is 1. The van der Waals surface area contributed by atoms with Crippen molar-refractivity contribution in [3.63, 3.8) is 0 Å². The predicted octanol–water partition coefficient (Wildman–Crippen LogP) is 2.59. The molecule has 0 aliphatic carbocycles. The number of carbonyl (C=O) groups is 2. The van der Waals surface area contributed by atoms with Crippen LogP contribution in [0.4, 0.5) is 0 Å². The second-order valence-corrected chi connectivity index (χ2v) is 6.79. The highest BCUT2D eigenvalue weighted by molar-refractivity contribution is 6.34. The maximum Gasteiger partial charge on any atom is 0.328 e. The van der Waals surface area contributed by atoms with E-state index in [4.69, 9.17) is 16.3 Å². The summed E-state index contributed by atoms with van der Waals surface area (Å²) in [6, 6.07) is 5.35. The molecule has 25 heavy (non-hydrogen) atoms. The van der Waals surface area contributed by atoms with E-state index in [-0.39, 0.29) is 23.2 Å². The predicted molar refractivity (Wildman–Crippen MR) is 93.0 cm³/mol. The van der Waals surface area contributed by atoms with E-state index in [0.29, 0.717) is 10.8 Å². The molecule has 1 aromatic heterocycles. The summed E-state index contributed by atoms with van der Waals surface area (Å²) >= 11 is 6.06. The molecule has 0 radical (unpaired) electrons. The maximum atomic E-state index is 12.4. The highest BCUT2D eigenvalue weighted by Crippen LogP contribution is 2.31. The molecule has 2 rings (SSSR count). The van der Waals surface area contributed by atoms with Gasteiger partial charge in [0.15, 0.2) is 17.5 Å². The van der Waals surface area contributed by atoms with Crippen LogP contribution >= 0.6 is 11.6 Å². The van der Waals surface area contributed by atoms with Crippen molar-refractivity contribution in [2.24, 2.45) is 0 Å². The van der Waals surface area contributed by atoms with E-state index in [2.05, 4.69) is 10.3 Å². The van der Waals surface area contributed by atoms with Crippen LogP contribution < -0.4 is 5.32 Å². The molecule has 0 aliphatic heterocycles. The summed E-state index contributed by atoms with van der Waals surface area (Å²) < 4.78 is 5.41. The molecule has 8 heteroatoms. The lowest BCUT2D eigenvalue weighted by Gasteiger charge is -2.23. The summed E-state index contributed by atoms with van der Waals surface area (Å²) in [6.07, 6.45) is 0. The third-order valence-corrected chi connectivity index (χ3v) is 3.63. The van der Waals surface area contributed by atoms with Gasteiger partial charge in [-0.15, -0.1) is 0 Å². The van der Waals surface area contributed by atoms with Crippen LogP contribution in [0, 0.1) is 0 Å². The molecule has 0 bridgehead atoms. The summed E-state index contributed by atoms with van der Waals surface area (Å²) in [5, 5.41) is 22.7. The number of aliphatic carboxylic acids is 1. The molecule has 0 aliphatic rings. The molecule has 0 fully saturated rings. The van der Waals surface area contributed by atoms with E-state index in [1.54, 1.807) is 45.0 Å². The summed E-state index contributed by atoms with van der Waals surface area (Å²) in [5.41, 5.74) is -0.906. The standard InChI is InChI=1S/C17H19ClN2O5/c1-17(2,3)25-8-11(16(23)24)19-15(22)12-13(21)9-6-4-5-7-10(9)14(18)20-12/h4-7,11,21H,8H2,1-3H3,(H,19,22)(H,23,24)/t11-/m1/s1. The summed E-state index contributed by atoms with van der Waals surface area (Å²) in [6.45, 7) is 5.07. The molecule has 2 aromatic rings. The van der Waals surface area contributed by atoms with Crippen LogP contribution in [-0.2, 0) is 9.53 Å². The first kappa shape index (κ1) is 19.0. The van der Waals surface area contributed by atoms with Crippen molar-refractivity contribution in [2.45, 2.75) is 32.4 Å². The average Bonchev–Trinajstić information content (AvgIpc) is 2.53. The fourth-order valence-electron chi connectivity index (χ4n) is 2.10. The number of carbonyl (C=O) groups excluding carboxylic acids is 1. The van der Waals surface area contributed by atoms with Gasteiger partial charge in [-0.3, -0.25) is 4.79 Å². The lowest BCUT2D eigenvalue weighted by atomic mass is 10.1. The number of benzene rings is 1. The zero-order valence-electron chi connectivity index (χ0n) is 14.0. The fraction of sp³-hybridized carbons (Fsp3) is 0.353. The van der Waals surface area contributed by atoms with Gasteiger partial charge in [-0.1, -0.05) is 35.9 Å². The molecule has 7 nitrogen and oxygen atoms in total. The van der Waals surface area contributed by atoms with E-state index in [0.717, 1.165) is 0 Å². The summed E-state index contributed by atoms with van der Waals surface area (Å²) in [5.74, 6) is -2.47.